The van der Waals surface area contributed by atoms with Gasteiger partial charge in [0.25, 0.3) is 0 Å². The van der Waals surface area contributed by atoms with Gasteiger partial charge in [0.1, 0.15) is 6.10 Å². The zero-order valence-corrected chi connectivity index (χ0v) is 24.8. The predicted molar refractivity (Wildman–Crippen MR) is 158 cm³/mol. The highest BCUT2D eigenvalue weighted by Crippen LogP contribution is 2.67. The van der Waals surface area contributed by atoms with Crippen molar-refractivity contribution in [3.8, 4) is 0 Å². The van der Waals surface area contributed by atoms with Crippen molar-refractivity contribution in [2.75, 3.05) is 0 Å². The molecule has 0 N–H and O–H groups in total. The Labute approximate surface area is 232 Å². The first-order valence-electron chi connectivity index (χ1n) is 15.8. The van der Waals surface area contributed by atoms with Gasteiger partial charge in [-0.1, -0.05) is 95.9 Å². The standard InChI is InChI=1S/C36H52O2/c1-25(2)10-9-11-26(3)31-17-18-32-30-16-15-28-24-29(38-34(37)19-14-27-12-7-6-8-13-27)20-22-35(28,4)33(30)21-23-36(31,32)5/h6-8,12-15,19,25-26,29-33H,9-11,16-18,20-24H2,1-5H3/t26-,29?,30?,31-,32?,33?,35+,36-/m1/s1. The number of allylic oxidation sites excluding steroid dienone is 1. The number of ether oxygens (including phenoxy) is 1. The summed E-state index contributed by atoms with van der Waals surface area (Å²) >= 11 is 0. The molecule has 4 aliphatic rings. The molecule has 1 aromatic carbocycles. The average Bonchev–Trinajstić information content (AvgIpc) is 3.25. The van der Waals surface area contributed by atoms with Crippen LogP contribution in [-0.2, 0) is 9.53 Å². The Morgan fingerprint density at radius 3 is 2.55 bits per heavy atom. The van der Waals surface area contributed by atoms with Crippen LogP contribution >= 0.6 is 0 Å². The average molecular weight is 517 g/mol. The summed E-state index contributed by atoms with van der Waals surface area (Å²) < 4.78 is 5.95. The molecule has 4 unspecified atom stereocenters. The van der Waals surface area contributed by atoms with E-state index in [0.29, 0.717) is 10.8 Å². The summed E-state index contributed by atoms with van der Waals surface area (Å²) in [4.78, 5) is 12.6. The van der Waals surface area contributed by atoms with Crippen molar-refractivity contribution in [2.24, 2.45) is 46.3 Å². The molecule has 208 valence electrons. The van der Waals surface area contributed by atoms with Crippen molar-refractivity contribution in [3.05, 3.63) is 53.6 Å². The summed E-state index contributed by atoms with van der Waals surface area (Å²) in [6.07, 6.45) is 20.3. The molecule has 3 fully saturated rings. The van der Waals surface area contributed by atoms with E-state index in [-0.39, 0.29) is 12.1 Å². The van der Waals surface area contributed by atoms with Crippen LogP contribution in [0.15, 0.2) is 48.1 Å². The van der Waals surface area contributed by atoms with E-state index in [1.165, 1.54) is 57.8 Å². The molecule has 38 heavy (non-hydrogen) atoms. The lowest BCUT2D eigenvalue weighted by atomic mass is 9.47. The topological polar surface area (TPSA) is 26.3 Å². The normalized spacial score (nSPS) is 37.3. The minimum Gasteiger partial charge on any atom is -0.459 e. The van der Waals surface area contributed by atoms with Crippen LogP contribution in [0.4, 0.5) is 0 Å². The van der Waals surface area contributed by atoms with E-state index < -0.39 is 0 Å². The molecule has 0 aromatic heterocycles. The van der Waals surface area contributed by atoms with Crippen LogP contribution in [0.3, 0.4) is 0 Å². The van der Waals surface area contributed by atoms with Gasteiger partial charge in [-0.25, -0.2) is 4.79 Å². The molecule has 0 radical (unpaired) electrons. The Balaban J connectivity index is 1.22. The molecule has 2 nitrogen and oxygen atoms in total. The first kappa shape index (κ1) is 27.7. The fraction of sp³-hybridized carbons (Fsp3) is 0.694. The van der Waals surface area contributed by atoms with E-state index in [1.807, 2.05) is 36.4 Å². The van der Waals surface area contributed by atoms with Crippen LogP contribution in [-0.4, -0.2) is 12.1 Å². The quantitative estimate of drug-likeness (QED) is 0.195. The highest BCUT2D eigenvalue weighted by Gasteiger charge is 2.59. The van der Waals surface area contributed by atoms with Crippen LogP contribution in [0.1, 0.15) is 111 Å². The monoisotopic (exact) mass is 516 g/mol. The molecule has 3 saturated carbocycles. The number of rotatable bonds is 8. The maximum Gasteiger partial charge on any atom is 0.331 e. The van der Waals surface area contributed by atoms with Gasteiger partial charge >= 0.3 is 5.97 Å². The van der Waals surface area contributed by atoms with E-state index in [4.69, 9.17) is 4.74 Å². The Hall–Kier alpha value is -1.83. The van der Waals surface area contributed by atoms with Gasteiger partial charge in [-0.05, 0) is 103 Å². The minimum absolute atomic E-state index is 0.0233. The second-order valence-electron chi connectivity index (χ2n) is 14.3. The molecule has 1 aromatic rings. The second kappa shape index (κ2) is 11.3. The van der Waals surface area contributed by atoms with Gasteiger partial charge in [-0.15, -0.1) is 0 Å². The fourth-order valence-electron chi connectivity index (χ4n) is 9.68. The summed E-state index contributed by atoms with van der Waals surface area (Å²) in [7, 11) is 0. The zero-order valence-electron chi connectivity index (χ0n) is 24.8. The summed E-state index contributed by atoms with van der Waals surface area (Å²) in [6.45, 7) is 12.6. The van der Waals surface area contributed by atoms with Crippen molar-refractivity contribution in [3.63, 3.8) is 0 Å². The van der Waals surface area contributed by atoms with Crippen LogP contribution in [0.25, 0.3) is 6.08 Å². The Bertz CT molecular complexity index is 1020. The smallest absolute Gasteiger partial charge is 0.331 e. The van der Waals surface area contributed by atoms with E-state index in [1.54, 1.807) is 11.6 Å². The van der Waals surface area contributed by atoms with Gasteiger partial charge in [0.05, 0.1) is 0 Å². The zero-order chi connectivity index (χ0) is 26.9. The van der Waals surface area contributed by atoms with Crippen molar-refractivity contribution in [1.82, 2.24) is 0 Å². The minimum atomic E-state index is -0.204. The van der Waals surface area contributed by atoms with Crippen molar-refractivity contribution in [2.45, 2.75) is 111 Å². The molecule has 0 heterocycles. The maximum absolute atomic E-state index is 12.6. The Morgan fingerprint density at radius 2 is 1.79 bits per heavy atom. The lowest BCUT2D eigenvalue weighted by Crippen LogP contribution is -2.51. The fourth-order valence-corrected chi connectivity index (χ4v) is 9.68. The Kier molecular flexibility index (Phi) is 8.28. The molecule has 4 aliphatic carbocycles. The summed E-state index contributed by atoms with van der Waals surface area (Å²) in [6, 6.07) is 9.99. The number of esters is 1. The molecule has 0 saturated heterocycles. The summed E-state index contributed by atoms with van der Waals surface area (Å²) in [5.74, 6) is 4.97. The first-order chi connectivity index (χ1) is 18.2. The molecule has 0 amide bonds. The van der Waals surface area contributed by atoms with Crippen molar-refractivity contribution >= 4 is 12.0 Å². The number of carbonyl (C=O) groups is 1. The lowest BCUT2D eigenvalue weighted by Gasteiger charge is -2.58. The third kappa shape index (κ3) is 5.44. The molecule has 0 spiro atoms. The number of benzene rings is 1. The van der Waals surface area contributed by atoms with E-state index in [2.05, 4.69) is 40.7 Å². The summed E-state index contributed by atoms with van der Waals surface area (Å²) in [5.41, 5.74) is 3.46. The largest absolute Gasteiger partial charge is 0.459 e. The first-order valence-corrected chi connectivity index (χ1v) is 15.8. The molecular weight excluding hydrogens is 464 g/mol. The predicted octanol–water partition coefficient (Wildman–Crippen LogP) is 9.65. The van der Waals surface area contributed by atoms with Crippen LogP contribution in [0.2, 0.25) is 0 Å². The molecule has 5 rings (SSSR count). The number of hydrogen-bond acceptors (Lipinski definition) is 2. The Morgan fingerprint density at radius 1 is 1.00 bits per heavy atom. The second-order valence-corrected chi connectivity index (χ2v) is 14.3. The molecular formula is C36H52O2. The SMILES string of the molecule is CC(C)CCC[C@@H](C)[C@H]1CCC2C3CC=C4CC(OC(=O)C=Cc5ccccc5)CC[C@]4(C)C3CC[C@@]21C. The lowest BCUT2D eigenvalue weighted by molar-refractivity contribution is -0.145. The van der Waals surface area contributed by atoms with Gasteiger partial charge in [0.15, 0.2) is 0 Å². The van der Waals surface area contributed by atoms with Gasteiger partial charge in [0, 0.05) is 12.5 Å². The number of hydrogen-bond donors (Lipinski definition) is 0. The van der Waals surface area contributed by atoms with Crippen LogP contribution in [0, 0.1) is 46.3 Å². The van der Waals surface area contributed by atoms with Crippen molar-refractivity contribution < 1.29 is 9.53 Å². The van der Waals surface area contributed by atoms with Gasteiger partial charge in [-0.2, -0.15) is 0 Å². The van der Waals surface area contributed by atoms with Gasteiger partial charge in [-0.3, -0.25) is 0 Å². The van der Waals surface area contributed by atoms with Crippen LogP contribution in [0.5, 0.6) is 0 Å². The summed E-state index contributed by atoms with van der Waals surface area (Å²) in [5, 5.41) is 0. The van der Waals surface area contributed by atoms with Crippen LogP contribution < -0.4 is 0 Å². The van der Waals surface area contributed by atoms with Gasteiger partial charge < -0.3 is 4.74 Å². The molecule has 0 bridgehead atoms. The molecule has 0 aliphatic heterocycles. The third-order valence-corrected chi connectivity index (χ3v) is 11.8. The molecule has 2 heteroatoms. The highest BCUT2D eigenvalue weighted by molar-refractivity contribution is 5.87. The van der Waals surface area contributed by atoms with Crippen molar-refractivity contribution in [1.29, 1.82) is 0 Å². The third-order valence-electron chi connectivity index (χ3n) is 11.8. The number of carbonyl (C=O) groups excluding carboxylic acids is 1. The highest BCUT2D eigenvalue weighted by atomic mass is 16.5. The maximum atomic E-state index is 12.6. The van der Waals surface area contributed by atoms with Gasteiger partial charge in [0.2, 0.25) is 0 Å². The van der Waals surface area contributed by atoms with E-state index >= 15 is 0 Å². The van der Waals surface area contributed by atoms with E-state index in [0.717, 1.165) is 53.9 Å². The molecule has 8 atom stereocenters. The number of fused-ring (bicyclic) bond motifs is 5. The van der Waals surface area contributed by atoms with E-state index in [9.17, 15) is 4.79 Å².